The number of likely N-dealkylation sites (tertiary alicyclic amines) is 1. The number of amides is 1. The number of fused-ring (bicyclic) bond motifs is 1. The Hall–Kier alpha value is -1.45. The number of rotatable bonds is 5. The summed E-state index contributed by atoms with van der Waals surface area (Å²) in [5, 5.41) is 3.90. The van der Waals surface area contributed by atoms with E-state index in [1.807, 2.05) is 18.7 Å². The number of hydrogen-bond acceptors (Lipinski definition) is 6. The van der Waals surface area contributed by atoms with Crippen LogP contribution in [-0.4, -0.2) is 74.8 Å². The predicted octanol–water partition coefficient (Wildman–Crippen LogP) is 0.590. The number of piperidine rings is 1. The van der Waals surface area contributed by atoms with Crippen LogP contribution in [0.25, 0.3) is 0 Å². The average Bonchev–Trinajstić information content (AvgIpc) is 3.09. The second-order valence-corrected chi connectivity index (χ2v) is 9.60. The Kier molecular flexibility index (Phi) is 5.15. The zero-order chi connectivity index (χ0) is 19.1. The number of carbonyl (C=O) groups excluding carboxylic acids is 1. The molecule has 2 unspecified atom stereocenters. The van der Waals surface area contributed by atoms with Gasteiger partial charge in [0.15, 0.2) is 0 Å². The summed E-state index contributed by atoms with van der Waals surface area (Å²) in [5.41, 5.74) is 1.37. The molecular formula is C17H27N3O5S. The maximum absolute atomic E-state index is 12.8. The van der Waals surface area contributed by atoms with Crippen LogP contribution in [0.5, 0.6) is 0 Å². The molecule has 8 nitrogen and oxygen atoms in total. The topological polar surface area (TPSA) is 92.9 Å². The molecule has 1 aromatic heterocycles. The largest absolute Gasteiger partial charge is 0.384 e. The summed E-state index contributed by atoms with van der Waals surface area (Å²) in [6.45, 7) is 6.23. The minimum Gasteiger partial charge on any atom is -0.384 e. The molecule has 0 spiro atoms. The van der Waals surface area contributed by atoms with Crippen LogP contribution in [-0.2, 0) is 26.0 Å². The lowest BCUT2D eigenvalue weighted by Crippen LogP contribution is -2.51. The van der Waals surface area contributed by atoms with Crippen molar-refractivity contribution < 1.29 is 22.5 Å². The van der Waals surface area contributed by atoms with Gasteiger partial charge in [-0.25, -0.2) is 12.7 Å². The van der Waals surface area contributed by atoms with Crippen molar-refractivity contribution in [1.29, 1.82) is 0 Å². The maximum atomic E-state index is 12.8. The van der Waals surface area contributed by atoms with E-state index in [4.69, 9.17) is 9.26 Å². The Morgan fingerprint density at radius 2 is 2.12 bits per heavy atom. The van der Waals surface area contributed by atoms with Crippen molar-refractivity contribution in [3.8, 4) is 0 Å². The molecular weight excluding hydrogens is 358 g/mol. The zero-order valence-corrected chi connectivity index (χ0v) is 16.6. The number of hydrogen-bond donors (Lipinski definition) is 0. The van der Waals surface area contributed by atoms with Crippen molar-refractivity contribution in [2.75, 3.05) is 46.2 Å². The van der Waals surface area contributed by atoms with Crippen LogP contribution in [0.1, 0.15) is 23.4 Å². The second kappa shape index (κ2) is 6.94. The second-order valence-electron chi connectivity index (χ2n) is 7.62. The molecule has 0 aromatic carbocycles. The fraction of sp³-hybridized carbons (Fsp3) is 0.765. The molecule has 2 fully saturated rings. The highest BCUT2D eigenvalue weighted by molar-refractivity contribution is 7.88. The summed E-state index contributed by atoms with van der Waals surface area (Å²) < 4.78 is 36.1. The number of aryl methyl sites for hydroxylation is 2. The first-order valence-electron chi connectivity index (χ1n) is 8.80. The summed E-state index contributed by atoms with van der Waals surface area (Å²) >= 11 is 0. The third kappa shape index (κ3) is 3.52. The van der Waals surface area contributed by atoms with E-state index >= 15 is 0 Å². The van der Waals surface area contributed by atoms with Crippen molar-refractivity contribution in [1.82, 2.24) is 14.4 Å². The third-order valence-corrected chi connectivity index (χ3v) is 7.08. The molecule has 2 aliphatic heterocycles. The normalized spacial score (nSPS) is 26.9. The van der Waals surface area contributed by atoms with Gasteiger partial charge in [0.2, 0.25) is 15.9 Å². The maximum Gasteiger partial charge on any atom is 0.227 e. The van der Waals surface area contributed by atoms with Crippen molar-refractivity contribution >= 4 is 15.9 Å². The Labute approximate surface area is 154 Å². The monoisotopic (exact) mass is 385 g/mol. The molecule has 146 valence electrons. The van der Waals surface area contributed by atoms with Gasteiger partial charge in [-0.2, -0.15) is 0 Å². The van der Waals surface area contributed by atoms with Gasteiger partial charge in [0.05, 0.1) is 25.0 Å². The van der Waals surface area contributed by atoms with Gasteiger partial charge >= 0.3 is 0 Å². The smallest absolute Gasteiger partial charge is 0.227 e. The van der Waals surface area contributed by atoms with E-state index in [1.165, 1.54) is 10.6 Å². The number of carbonyl (C=O) groups is 1. The number of methoxy groups -OCH3 is 1. The van der Waals surface area contributed by atoms with Crippen LogP contribution in [0.15, 0.2) is 4.52 Å². The molecule has 3 heterocycles. The van der Waals surface area contributed by atoms with Gasteiger partial charge in [0, 0.05) is 44.3 Å². The Morgan fingerprint density at radius 1 is 1.38 bits per heavy atom. The van der Waals surface area contributed by atoms with Crippen LogP contribution in [0.2, 0.25) is 0 Å². The van der Waals surface area contributed by atoms with Crippen LogP contribution in [0.3, 0.4) is 0 Å². The van der Waals surface area contributed by atoms with Gasteiger partial charge in [-0.15, -0.1) is 0 Å². The van der Waals surface area contributed by atoms with Crippen molar-refractivity contribution in [2.24, 2.45) is 11.3 Å². The van der Waals surface area contributed by atoms with Crippen LogP contribution in [0.4, 0.5) is 0 Å². The summed E-state index contributed by atoms with van der Waals surface area (Å²) in [7, 11) is -1.61. The van der Waals surface area contributed by atoms with Gasteiger partial charge < -0.3 is 14.2 Å². The van der Waals surface area contributed by atoms with Crippen molar-refractivity contribution in [2.45, 2.75) is 26.7 Å². The van der Waals surface area contributed by atoms with Gasteiger partial charge in [0.1, 0.15) is 5.76 Å². The molecule has 1 aromatic rings. The number of aromatic nitrogens is 1. The average molecular weight is 385 g/mol. The minimum atomic E-state index is -3.25. The molecule has 3 rings (SSSR count). The van der Waals surface area contributed by atoms with E-state index in [0.717, 1.165) is 17.7 Å². The molecule has 0 N–H and O–H groups in total. The molecule has 2 atom stereocenters. The third-order valence-electron chi connectivity index (χ3n) is 5.86. The molecule has 26 heavy (non-hydrogen) atoms. The first-order chi connectivity index (χ1) is 12.2. The fourth-order valence-electron chi connectivity index (χ4n) is 4.25. The number of nitrogens with zero attached hydrogens (tertiary/aromatic N) is 3. The quantitative estimate of drug-likeness (QED) is 0.737. The summed E-state index contributed by atoms with van der Waals surface area (Å²) in [6.07, 6.45) is 2.25. The Balaban J connectivity index is 1.74. The van der Waals surface area contributed by atoms with Gasteiger partial charge in [-0.3, -0.25) is 4.79 Å². The molecule has 9 heteroatoms. The van der Waals surface area contributed by atoms with E-state index in [0.29, 0.717) is 38.5 Å². The predicted molar refractivity (Wildman–Crippen MR) is 95.1 cm³/mol. The van der Waals surface area contributed by atoms with E-state index in [-0.39, 0.29) is 23.7 Å². The van der Waals surface area contributed by atoms with Crippen molar-refractivity contribution in [3.05, 3.63) is 17.0 Å². The molecule has 2 aliphatic rings. The van der Waals surface area contributed by atoms with Crippen LogP contribution >= 0.6 is 0 Å². The van der Waals surface area contributed by atoms with Gasteiger partial charge in [-0.1, -0.05) is 5.16 Å². The van der Waals surface area contributed by atoms with Crippen molar-refractivity contribution in [3.63, 3.8) is 0 Å². The van der Waals surface area contributed by atoms with E-state index in [1.54, 1.807) is 7.11 Å². The lowest BCUT2D eigenvalue weighted by atomic mass is 9.73. The van der Waals surface area contributed by atoms with Crippen LogP contribution < -0.4 is 0 Å². The molecule has 1 amide bonds. The highest BCUT2D eigenvalue weighted by Gasteiger charge is 2.52. The Bertz CT molecular complexity index is 771. The minimum absolute atomic E-state index is 0.0308. The molecule has 0 saturated carbocycles. The lowest BCUT2D eigenvalue weighted by molar-refractivity contribution is -0.134. The number of sulfonamides is 1. The molecule has 0 bridgehead atoms. The fourth-order valence-corrected chi connectivity index (χ4v) is 5.20. The van der Waals surface area contributed by atoms with E-state index < -0.39 is 10.0 Å². The summed E-state index contributed by atoms with van der Waals surface area (Å²) in [4.78, 5) is 14.6. The van der Waals surface area contributed by atoms with Crippen LogP contribution in [0, 0.1) is 25.2 Å². The van der Waals surface area contributed by atoms with E-state index in [9.17, 15) is 13.2 Å². The molecule has 0 aliphatic carbocycles. The van der Waals surface area contributed by atoms with Gasteiger partial charge in [-0.05, 0) is 26.2 Å². The highest BCUT2D eigenvalue weighted by Crippen LogP contribution is 2.44. The van der Waals surface area contributed by atoms with Gasteiger partial charge in [0.25, 0.3) is 0 Å². The Morgan fingerprint density at radius 3 is 2.69 bits per heavy atom. The summed E-state index contributed by atoms with van der Waals surface area (Å²) in [5.74, 6) is 0.786. The SMILES string of the molecule is COCC12CCN(C(=O)Cc3c(C)noc3C)CC1CN(S(C)(=O)=O)C2. The standard InChI is InChI=1S/C17H27N3O5S/c1-12-15(13(2)25-18-12)7-16(21)19-6-5-17(11-24-3)10-20(26(4,22)23)9-14(17)8-19/h14H,5-11H2,1-4H3. The first-order valence-corrected chi connectivity index (χ1v) is 10.6. The highest BCUT2D eigenvalue weighted by atomic mass is 32.2. The zero-order valence-electron chi connectivity index (χ0n) is 15.8. The van der Waals surface area contributed by atoms with E-state index in [2.05, 4.69) is 5.16 Å². The summed E-state index contributed by atoms with van der Waals surface area (Å²) in [6, 6.07) is 0. The first kappa shape index (κ1) is 19.3. The molecule has 0 radical (unpaired) electrons. The molecule has 2 saturated heterocycles. The number of ether oxygens (including phenoxy) is 1. The lowest BCUT2D eigenvalue weighted by Gasteiger charge is -2.43.